The second-order valence-corrected chi connectivity index (χ2v) is 13.8. The quantitative estimate of drug-likeness (QED) is 0.218. The molecular weight excluding hydrogens is 558 g/mol. The Hall–Kier alpha value is -2.80. The molecule has 5 N–H and O–H groups in total. The van der Waals surface area contributed by atoms with Crippen molar-refractivity contribution in [1.29, 1.82) is 0 Å². The Kier molecular flexibility index (Phi) is 14.6. The second kappa shape index (κ2) is 17.3. The monoisotopic (exact) mass is 607 g/mol. The van der Waals surface area contributed by atoms with Gasteiger partial charge < -0.3 is 26.4 Å². The summed E-state index contributed by atoms with van der Waals surface area (Å²) in [7, 11) is -3.43. The number of amides is 3. The summed E-state index contributed by atoms with van der Waals surface area (Å²) in [6, 6.07) is 5.23. The topological polar surface area (TPSA) is 160 Å². The number of hydrogen-bond acceptors (Lipinski definition) is 8. The van der Waals surface area contributed by atoms with Gasteiger partial charge in [-0.2, -0.15) is 0 Å². The highest BCUT2D eigenvalue weighted by molar-refractivity contribution is 7.93. The maximum atomic E-state index is 13.5. The van der Waals surface area contributed by atoms with Crippen molar-refractivity contribution in [2.24, 2.45) is 17.6 Å². The van der Waals surface area contributed by atoms with Gasteiger partial charge in [-0.15, -0.1) is 0 Å². The van der Waals surface area contributed by atoms with E-state index in [1.54, 1.807) is 0 Å². The molecule has 3 atom stereocenters. The van der Waals surface area contributed by atoms with Crippen molar-refractivity contribution < 1.29 is 27.5 Å². The number of nitrogens with one attached hydrogen (secondary N) is 3. The summed E-state index contributed by atoms with van der Waals surface area (Å²) >= 11 is 0. The Morgan fingerprint density at radius 2 is 1.43 bits per heavy atom. The zero-order valence-electron chi connectivity index (χ0n) is 25.6. The van der Waals surface area contributed by atoms with E-state index in [4.69, 9.17) is 10.5 Å². The van der Waals surface area contributed by atoms with Gasteiger partial charge in [-0.05, 0) is 42.2 Å². The van der Waals surface area contributed by atoms with Gasteiger partial charge in [0.25, 0.3) is 0 Å². The van der Waals surface area contributed by atoms with Crippen LogP contribution in [0.4, 0.5) is 0 Å². The lowest BCUT2D eigenvalue weighted by Gasteiger charge is -2.28. The number of rotatable bonds is 16. The molecule has 1 fully saturated rings. The average Bonchev–Trinajstić information content (AvgIpc) is 2.91. The molecule has 1 aromatic carbocycles. The third-order valence-corrected chi connectivity index (χ3v) is 7.42. The van der Waals surface area contributed by atoms with Crippen LogP contribution >= 0.6 is 0 Å². The fraction of sp³-hybridized carbons (Fsp3) is 0.633. The number of sulfone groups is 1. The molecule has 42 heavy (non-hydrogen) atoms. The minimum Gasteiger partial charge on any atom is -0.379 e. The fourth-order valence-electron chi connectivity index (χ4n) is 4.63. The van der Waals surface area contributed by atoms with Crippen molar-refractivity contribution in [1.82, 2.24) is 20.9 Å². The zero-order chi connectivity index (χ0) is 31.3. The van der Waals surface area contributed by atoms with Crippen LogP contribution in [0.25, 0.3) is 0 Å². The van der Waals surface area contributed by atoms with Crippen LogP contribution < -0.4 is 21.7 Å². The Labute approximate surface area is 250 Å². The number of benzene rings is 1. The predicted molar refractivity (Wildman–Crippen MR) is 164 cm³/mol. The number of hydrogen-bond donors (Lipinski definition) is 4. The third-order valence-electron chi connectivity index (χ3n) is 6.77. The first-order valence-corrected chi connectivity index (χ1v) is 16.6. The standard InChI is InChI=1S/C30H49N5O6S/c1-21(2)16-26(33-28(36)20-35-11-13-41-14-12-35)30(38)34-27(17-22(3)4)29(37)32-25(10-15-42(5,39)40)18-23-6-8-24(19-31)9-7-23/h6-10,15,21-22,25-27H,11-14,16-20,31H2,1-5H3,(H,32,37)(H,33,36)(H,34,38)/b15-10+/t25-,26+,27+/m1/s1. The molecule has 12 heteroatoms. The number of carbonyl (C=O) groups is 3. The largest absolute Gasteiger partial charge is 0.379 e. The van der Waals surface area contributed by atoms with E-state index in [0.29, 0.717) is 52.1 Å². The number of morpholine rings is 1. The third kappa shape index (κ3) is 13.9. The molecule has 11 nitrogen and oxygen atoms in total. The summed E-state index contributed by atoms with van der Waals surface area (Å²) in [5.41, 5.74) is 7.54. The summed E-state index contributed by atoms with van der Waals surface area (Å²) in [6.07, 6.45) is 3.66. The molecule has 3 amide bonds. The van der Waals surface area contributed by atoms with Crippen LogP contribution in [0.1, 0.15) is 51.7 Å². The first kappa shape index (κ1) is 35.4. The van der Waals surface area contributed by atoms with E-state index in [-0.39, 0.29) is 24.3 Å². The predicted octanol–water partition coefficient (Wildman–Crippen LogP) is 1.12. The van der Waals surface area contributed by atoms with Gasteiger partial charge in [0.2, 0.25) is 17.7 Å². The summed E-state index contributed by atoms with van der Waals surface area (Å²) in [6.45, 7) is 10.8. The number of nitrogens with zero attached hydrogens (tertiary/aromatic N) is 1. The Morgan fingerprint density at radius 3 is 1.95 bits per heavy atom. The number of carbonyl (C=O) groups excluding carboxylic acids is 3. The molecule has 1 saturated heterocycles. The van der Waals surface area contributed by atoms with Crippen molar-refractivity contribution in [3.05, 3.63) is 46.9 Å². The van der Waals surface area contributed by atoms with Gasteiger partial charge in [-0.1, -0.05) is 58.0 Å². The van der Waals surface area contributed by atoms with Crippen LogP contribution in [-0.2, 0) is 41.9 Å². The summed E-state index contributed by atoms with van der Waals surface area (Å²) in [4.78, 5) is 41.8. The Balaban J connectivity index is 2.18. The molecule has 236 valence electrons. The van der Waals surface area contributed by atoms with Gasteiger partial charge in [-0.25, -0.2) is 8.42 Å². The molecule has 2 rings (SSSR count). The van der Waals surface area contributed by atoms with Crippen molar-refractivity contribution in [2.75, 3.05) is 39.1 Å². The van der Waals surface area contributed by atoms with Crippen LogP contribution in [0, 0.1) is 11.8 Å². The van der Waals surface area contributed by atoms with Crippen molar-refractivity contribution >= 4 is 27.6 Å². The van der Waals surface area contributed by atoms with Crippen LogP contribution in [0.15, 0.2) is 35.7 Å². The first-order valence-electron chi connectivity index (χ1n) is 14.6. The first-order chi connectivity index (χ1) is 19.8. The van der Waals surface area contributed by atoms with Crippen molar-refractivity contribution in [3.8, 4) is 0 Å². The smallest absolute Gasteiger partial charge is 0.243 e. The molecule has 1 aliphatic rings. The van der Waals surface area contributed by atoms with E-state index in [1.165, 1.54) is 6.08 Å². The number of nitrogens with two attached hydrogens (primary N) is 1. The lowest BCUT2D eigenvalue weighted by atomic mass is 9.99. The van der Waals surface area contributed by atoms with Gasteiger partial charge in [0.05, 0.1) is 25.8 Å². The van der Waals surface area contributed by atoms with E-state index < -0.39 is 39.8 Å². The highest BCUT2D eigenvalue weighted by atomic mass is 32.2. The molecule has 0 spiro atoms. The average molecular weight is 608 g/mol. The molecule has 0 aromatic heterocycles. The molecule has 0 radical (unpaired) electrons. The van der Waals surface area contributed by atoms with Gasteiger partial charge in [-0.3, -0.25) is 19.3 Å². The highest BCUT2D eigenvalue weighted by Crippen LogP contribution is 2.12. The number of ether oxygens (including phenoxy) is 1. The lowest BCUT2D eigenvalue weighted by molar-refractivity contribution is -0.133. The molecule has 0 unspecified atom stereocenters. The van der Waals surface area contributed by atoms with Gasteiger partial charge >= 0.3 is 0 Å². The second-order valence-electron chi connectivity index (χ2n) is 11.8. The van der Waals surface area contributed by atoms with Crippen LogP contribution in [0.2, 0.25) is 0 Å². The van der Waals surface area contributed by atoms with Crippen LogP contribution in [0.3, 0.4) is 0 Å². The molecule has 1 heterocycles. The molecule has 0 saturated carbocycles. The minimum absolute atomic E-state index is 0.0781. The summed E-state index contributed by atoms with van der Waals surface area (Å²) in [5.74, 6) is -0.913. The van der Waals surface area contributed by atoms with E-state index in [9.17, 15) is 22.8 Å². The lowest BCUT2D eigenvalue weighted by Crippen LogP contribution is -2.56. The van der Waals surface area contributed by atoms with Gasteiger partial charge in [0, 0.05) is 31.3 Å². The fourth-order valence-corrected chi connectivity index (χ4v) is 5.11. The summed E-state index contributed by atoms with van der Waals surface area (Å²) in [5, 5.41) is 9.72. The SMILES string of the molecule is CC(C)C[C@H](NC(=O)CN1CCOCC1)C(=O)N[C@@H](CC(C)C)C(=O)N[C@H](/C=C/S(C)(=O)=O)Cc1ccc(CN)cc1. The minimum atomic E-state index is -3.43. The maximum absolute atomic E-state index is 13.5. The van der Waals surface area contributed by atoms with Gasteiger partial charge in [0.15, 0.2) is 9.84 Å². The van der Waals surface area contributed by atoms with Crippen molar-refractivity contribution in [2.45, 2.75) is 71.6 Å². The Bertz CT molecular complexity index is 1150. The van der Waals surface area contributed by atoms with Crippen LogP contribution in [-0.4, -0.2) is 88.3 Å². The van der Waals surface area contributed by atoms with Crippen LogP contribution in [0.5, 0.6) is 0 Å². The summed E-state index contributed by atoms with van der Waals surface area (Å²) < 4.78 is 29.0. The van der Waals surface area contributed by atoms with E-state index in [0.717, 1.165) is 22.8 Å². The molecular formula is C30H49N5O6S. The molecule has 0 aliphatic carbocycles. The van der Waals surface area contributed by atoms with Crippen molar-refractivity contribution in [3.63, 3.8) is 0 Å². The normalized spacial score (nSPS) is 16.8. The zero-order valence-corrected chi connectivity index (χ0v) is 26.4. The molecule has 1 aliphatic heterocycles. The van der Waals surface area contributed by atoms with E-state index >= 15 is 0 Å². The highest BCUT2D eigenvalue weighted by Gasteiger charge is 2.29. The molecule has 1 aromatic rings. The van der Waals surface area contributed by atoms with E-state index in [2.05, 4.69) is 16.0 Å². The Morgan fingerprint density at radius 1 is 0.905 bits per heavy atom. The van der Waals surface area contributed by atoms with Gasteiger partial charge in [0.1, 0.15) is 12.1 Å². The van der Waals surface area contributed by atoms with E-state index in [1.807, 2.05) is 56.9 Å². The maximum Gasteiger partial charge on any atom is 0.243 e. The molecule has 0 bridgehead atoms.